The van der Waals surface area contributed by atoms with Crippen LogP contribution in [-0.2, 0) is 6.18 Å². The summed E-state index contributed by atoms with van der Waals surface area (Å²) in [5.74, 6) is 0.142. The van der Waals surface area contributed by atoms with E-state index in [1.165, 1.54) is 6.07 Å². The number of hydrogen-bond acceptors (Lipinski definition) is 3. The molecule has 0 fully saturated rings. The summed E-state index contributed by atoms with van der Waals surface area (Å²) in [4.78, 5) is 3.48. The number of alkyl halides is 3. The first-order chi connectivity index (χ1) is 6.54. The van der Waals surface area contributed by atoms with Gasteiger partial charge in [0.25, 0.3) is 0 Å². The zero-order valence-corrected chi connectivity index (χ0v) is 7.21. The van der Waals surface area contributed by atoms with Gasteiger partial charge in [-0.3, -0.25) is 0 Å². The highest BCUT2D eigenvalue weighted by molar-refractivity contribution is 5.19. The molecule has 2 N–H and O–H groups in total. The monoisotopic (exact) mass is 206 g/mol. The van der Waals surface area contributed by atoms with Crippen molar-refractivity contribution in [2.75, 3.05) is 13.2 Å². The fraction of sp³-hybridized carbons (Fsp3) is 0.375. The van der Waals surface area contributed by atoms with E-state index < -0.39 is 11.7 Å². The molecular formula is C8H9F3N2O. The first-order valence-electron chi connectivity index (χ1n) is 3.90. The number of ether oxygens (including phenoxy) is 1. The van der Waals surface area contributed by atoms with E-state index in [0.717, 1.165) is 12.3 Å². The number of pyridine rings is 1. The minimum atomic E-state index is -4.36. The van der Waals surface area contributed by atoms with E-state index in [9.17, 15) is 13.2 Å². The molecule has 0 aliphatic rings. The molecule has 3 nitrogen and oxygen atoms in total. The van der Waals surface area contributed by atoms with E-state index in [1.54, 1.807) is 0 Å². The fourth-order valence-corrected chi connectivity index (χ4v) is 0.797. The topological polar surface area (TPSA) is 48.1 Å². The molecule has 6 heteroatoms. The molecule has 0 radical (unpaired) electrons. The van der Waals surface area contributed by atoms with Gasteiger partial charge in [-0.05, 0) is 6.07 Å². The Labute approximate surface area is 78.7 Å². The van der Waals surface area contributed by atoms with Crippen molar-refractivity contribution in [3.63, 3.8) is 0 Å². The second-order valence-corrected chi connectivity index (χ2v) is 2.52. The SMILES string of the molecule is NCCOc1ccc(C(F)(F)F)cn1. The summed E-state index contributed by atoms with van der Waals surface area (Å²) in [5, 5.41) is 0. The minimum Gasteiger partial charge on any atom is -0.476 e. The number of nitrogens with two attached hydrogens (primary N) is 1. The van der Waals surface area contributed by atoms with Crippen LogP contribution in [-0.4, -0.2) is 18.1 Å². The Morgan fingerprint density at radius 3 is 2.50 bits per heavy atom. The van der Waals surface area contributed by atoms with Crippen LogP contribution in [0.25, 0.3) is 0 Å². The molecule has 78 valence electrons. The third kappa shape index (κ3) is 2.88. The Hall–Kier alpha value is -1.30. The van der Waals surface area contributed by atoms with Gasteiger partial charge in [-0.1, -0.05) is 0 Å². The van der Waals surface area contributed by atoms with Gasteiger partial charge in [-0.15, -0.1) is 0 Å². The molecule has 0 bridgehead atoms. The van der Waals surface area contributed by atoms with Crippen LogP contribution in [0, 0.1) is 0 Å². The van der Waals surface area contributed by atoms with E-state index >= 15 is 0 Å². The average molecular weight is 206 g/mol. The molecule has 0 aliphatic carbocycles. The van der Waals surface area contributed by atoms with Gasteiger partial charge in [0.05, 0.1) is 5.56 Å². The summed E-state index contributed by atoms with van der Waals surface area (Å²) in [6.45, 7) is 0.529. The molecule has 0 aliphatic heterocycles. The van der Waals surface area contributed by atoms with Crippen LogP contribution in [0.15, 0.2) is 18.3 Å². The Kier molecular flexibility index (Phi) is 3.29. The highest BCUT2D eigenvalue weighted by Gasteiger charge is 2.30. The summed E-state index contributed by atoms with van der Waals surface area (Å²) < 4.78 is 41.1. The van der Waals surface area contributed by atoms with E-state index in [1.807, 2.05) is 0 Å². The largest absolute Gasteiger partial charge is 0.476 e. The van der Waals surface area contributed by atoms with Crippen molar-refractivity contribution in [1.82, 2.24) is 4.98 Å². The van der Waals surface area contributed by atoms with Gasteiger partial charge in [0.1, 0.15) is 6.61 Å². The molecule has 1 aromatic heterocycles. The van der Waals surface area contributed by atoms with Gasteiger partial charge in [-0.2, -0.15) is 13.2 Å². The molecule has 1 heterocycles. The smallest absolute Gasteiger partial charge is 0.417 e. The van der Waals surface area contributed by atoms with Gasteiger partial charge in [-0.25, -0.2) is 4.98 Å². The maximum absolute atomic E-state index is 12.1. The van der Waals surface area contributed by atoms with E-state index in [0.29, 0.717) is 6.54 Å². The predicted octanol–water partition coefficient (Wildman–Crippen LogP) is 1.44. The fourth-order valence-electron chi connectivity index (χ4n) is 0.797. The lowest BCUT2D eigenvalue weighted by Crippen LogP contribution is -2.11. The summed E-state index contributed by atoms with van der Waals surface area (Å²) in [5.41, 5.74) is 4.35. The summed E-state index contributed by atoms with van der Waals surface area (Å²) in [7, 11) is 0. The van der Waals surface area contributed by atoms with Gasteiger partial charge in [0, 0.05) is 18.8 Å². The van der Waals surface area contributed by atoms with Crippen molar-refractivity contribution in [3.05, 3.63) is 23.9 Å². The number of nitrogens with zero attached hydrogens (tertiary/aromatic N) is 1. The van der Waals surface area contributed by atoms with Gasteiger partial charge < -0.3 is 10.5 Å². The number of hydrogen-bond donors (Lipinski definition) is 1. The lowest BCUT2D eigenvalue weighted by atomic mass is 10.3. The maximum atomic E-state index is 12.1. The zero-order chi connectivity index (χ0) is 10.6. The number of aromatic nitrogens is 1. The van der Waals surface area contributed by atoms with Crippen LogP contribution in [0.4, 0.5) is 13.2 Å². The molecule has 14 heavy (non-hydrogen) atoms. The van der Waals surface area contributed by atoms with Gasteiger partial charge in [0.15, 0.2) is 0 Å². The first kappa shape index (κ1) is 10.8. The molecule has 1 aromatic rings. The molecule has 0 saturated heterocycles. The van der Waals surface area contributed by atoms with E-state index in [2.05, 4.69) is 4.98 Å². The summed E-state index contributed by atoms with van der Waals surface area (Å²) in [6, 6.07) is 2.08. The molecule has 1 rings (SSSR count). The molecule has 0 saturated carbocycles. The van der Waals surface area contributed by atoms with Crippen molar-refractivity contribution in [3.8, 4) is 5.88 Å². The zero-order valence-electron chi connectivity index (χ0n) is 7.21. The normalized spacial score (nSPS) is 11.4. The Balaban J connectivity index is 2.69. The standard InChI is InChI=1S/C8H9F3N2O/c9-8(10,11)6-1-2-7(13-5-6)14-4-3-12/h1-2,5H,3-4,12H2. The van der Waals surface area contributed by atoms with Crippen LogP contribution >= 0.6 is 0 Å². The van der Waals surface area contributed by atoms with Crippen LogP contribution in [0.5, 0.6) is 5.88 Å². The Bertz CT molecular complexity index is 284. The maximum Gasteiger partial charge on any atom is 0.417 e. The van der Waals surface area contributed by atoms with E-state index in [-0.39, 0.29) is 12.5 Å². The van der Waals surface area contributed by atoms with Crippen molar-refractivity contribution in [1.29, 1.82) is 0 Å². The third-order valence-corrected chi connectivity index (χ3v) is 1.43. The molecular weight excluding hydrogens is 197 g/mol. The van der Waals surface area contributed by atoms with Gasteiger partial charge in [0.2, 0.25) is 5.88 Å². The second-order valence-electron chi connectivity index (χ2n) is 2.52. The predicted molar refractivity (Wildman–Crippen MR) is 43.8 cm³/mol. The van der Waals surface area contributed by atoms with Crippen molar-refractivity contribution < 1.29 is 17.9 Å². The average Bonchev–Trinajstić information content (AvgIpc) is 2.14. The Morgan fingerprint density at radius 1 is 1.36 bits per heavy atom. The second kappa shape index (κ2) is 4.28. The molecule has 0 atom stereocenters. The molecule has 0 unspecified atom stereocenters. The van der Waals surface area contributed by atoms with Crippen LogP contribution < -0.4 is 10.5 Å². The first-order valence-corrected chi connectivity index (χ1v) is 3.90. The highest BCUT2D eigenvalue weighted by Crippen LogP contribution is 2.28. The van der Waals surface area contributed by atoms with E-state index in [4.69, 9.17) is 10.5 Å². The number of rotatable bonds is 3. The van der Waals surface area contributed by atoms with Crippen LogP contribution in [0.1, 0.15) is 5.56 Å². The molecule has 0 amide bonds. The quantitative estimate of drug-likeness (QED) is 0.813. The lowest BCUT2D eigenvalue weighted by Gasteiger charge is -2.07. The van der Waals surface area contributed by atoms with Crippen LogP contribution in [0.2, 0.25) is 0 Å². The van der Waals surface area contributed by atoms with Gasteiger partial charge >= 0.3 is 6.18 Å². The highest BCUT2D eigenvalue weighted by atomic mass is 19.4. The van der Waals surface area contributed by atoms with Crippen LogP contribution in [0.3, 0.4) is 0 Å². The van der Waals surface area contributed by atoms with Crippen molar-refractivity contribution in [2.45, 2.75) is 6.18 Å². The number of halogens is 3. The minimum absolute atomic E-state index is 0.142. The lowest BCUT2D eigenvalue weighted by molar-refractivity contribution is -0.137. The Morgan fingerprint density at radius 2 is 2.07 bits per heavy atom. The molecule has 0 aromatic carbocycles. The summed E-state index contributed by atoms with van der Waals surface area (Å²) >= 11 is 0. The third-order valence-electron chi connectivity index (χ3n) is 1.43. The van der Waals surface area contributed by atoms with Crippen molar-refractivity contribution >= 4 is 0 Å². The molecule has 0 spiro atoms. The summed E-state index contributed by atoms with van der Waals surface area (Å²) in [6.07, 6.45) is -3.63. The van der Waals surface area contributed by atoms with Crippen molar-refractivity contribution in [2.24, 2.45) is 5.73 Å².